The Morgan fingerprint density at radius 1 is 1.40 bits per heavy atom. The molecule has 0 saturated carbocycles. The van der Waals surface area contributed by atoms with Gasteiger partial charge in [-0.25, -0.2) is 0 Å². The average Bonchev–Trinajstić information content (AvgIpc) is 2.39. The summed E-state index contributed by atoms with van der Waals surface area (Å²) in [6, 6.07) is 7.47. The van der Waals surface area contributed by atoms with Crippen molar-refractivity contribution in [3.05, 3.63) is 46.9 Å². The maximum Gasteiger partial charge on any atom is 1.00 e. The second kappa shape index (κ2) is 6.38. The molecular weight excluding hydrogens is 251 g/mol. The molecule has 1 aliphatic heterocycles. The van der Waals surface area contributed by atoms with E-state index in [-0.39, 0.29) is 37.2 Å². The molecule has 20 heavy (non-hydrogen) atoms. The van der Waals surface area contributed by atoms with Crippen LogP contribution in [0.3, 0.4) is 0 Å². The Morgan fingerprint density at radius 3 is 2.60 bits per heavy atom. The Morgan fingerprint density at radius 2 is 2.05 bits per heavy atom. The first-order chi connectivity index (χ1) is 8.99. The van der Waals surface area contributed by atoms with E-state index in [1.54, 1.807) is 13.8 Å². The van der Waals surface area contributed by atoms with E-state index in [1.807, 2.05) is 31.2 Å². The molecule has 1 heterocycles. The van der Waals surface area contributed by atoms with Crippen LogP contribution in [0.15, 0.2) is 35.8 Å². The van der Waals surface area contributed by atoms with E-state index in [0.717, 1.165) is 11.1 Å². The zero-order chi connectivity index (χ0) is 14.0. The maximum atomic E-state index is 11.6. The number of ether oxygens (including phenoxy) is 2. The van der Waals surface area contributed by atoms with Gasteiger partial charge >= 0.3 is 24.8 Å². The summed E-state index contributed by atoms with van der Waals surface area (Å²) in [5, 5.41) is 11.3. The SMILES string of the molecule is CCOC(=O)Cc1ccccc1C1(C)OC([O-])=C1C.[Li+]. The molecule has 0 amide bonds. The molecule has 5 heteroatoms. The molecule has 1 aromatic rings. The molecule has 0 bridgehead atoms. The normalized spacial score (nSPS) is 20.6. The molecule has 102 valence electrons. The van der Waals surface area contributed by atoms with Crippen LogP contribution in [-0.4, -0.2) is 12.6 Å². The molecule has 0 spiro atoms. The van der Waals surface area contributed by atoms with Gasteiger partial charge in [0.2, 0.25) is 0 Å². The molecule has 1 atom stereocenters. The summed E-state index contributed by atoms with van der Waals surface area (Å²) < 4.78 is 10.2. The van der Waals surface area contributed by atoms with Crippen LogP contribution in [0.25, 0.3) is 0 Å². The summed E-state index contributed by atoms with van der Waals surface area (Å²) in [6.07, 6.45) is 0.185. The van der Waals surface area contributed by atoms with Gasteiger partial charge in [0, 0.05) is 0 Å². The topological polar surface area (TPSA) is 58.6 Å². The van der Waals surface area contributed by atoms with Gasteiger partial charge in [0.15, 0.2) is 0 Å². The summed E-state index contributed by atoms with van der Waals surface area (Å²) in [5.41, 5.74) is 1.61. The second-order valence-electron chi connectivity index (χ2n) is 4.69. The summed E-state index contributed by atoms with van der Waals surface area (Å²) in [5.74, 6) is -0.560. The zero-order valence-electron chi connectivity index (χ0n) is 12.4. The van der Waals surface area contributed by atoms with Gasteiger partial charge in [-0.2, -0.15) is 0 Å². The van der Waals surface area contributed by atoms with Crippen molar-refractivity contribution in [2.24, 2.45) is 0 Å². The Hall–Kier alpha value is -1.37. The minimum atomic E-state index is -0.722. The van der Waals surface area contributed by atoms with Crippen LogP contribution in [0.2, 0.25) is 0 Å². The molecule has 0 radical (unpaired) electrons. The number of hydrogen-bond acceptors (Lipinski definition) is 4. The van der Waals surface area contributed by atoms with Crippen molar-refractivity contribution >= 4 is 5.97 Å². The van der Waals surface area contributed by atoms with Gasteiger partial charge in [0.05, 0.1) is 24.6 Å². The van der Waals surface area contributed by atoms with Crippen LogP contribution in [0, 0.1) is 0 Å². The van der Waals surface area contributed by atoms with Gasteiger partial charge < -0.3 is 14.6 Å². The fraction of sp³-hybridized carbons (Fsp3) is 0.400. The van der Waals surface area contributed by atoms with Crippen LogP contribution in [0.1, 0.15) is 31.9 Å². The van der Waals surface area contributed by atoms with Gasteiger partial charge in [-0.05, 0) is 37.5 Å². The molecule has 0 N–H and O–H groups in total. The molecule has 1 aliphatic rings. The summed E-state index contributed by atoms with van der Waals surface area (Å²) in [6.45, 7) is 5.73. The smallest absolute Gasteiger partial charge is 0.598 e. The van der Waals surface area contributed by atoms with E-state index < -0.39 is 5.60 Å². The number of carbonyl (C=O) groups is 1. The Kier molecular flexibility index (Phi) is 5.33. The number of benzene rings is 1. The molecule has 1 aromatic carbocycles. The van der Waals surface area contributed by atoms with Crippen molar-refractivity contribution < 1.29 is 38.2 Å². The Labute approximate surface area is 131 Å². The third-order valence-electron chi connectivity index (χ3n) is 3.49. The number of hydrogen-bond donors (Lipinski definition) is 0. The van der Waals surface area contributed by atoms with E-state index in [4.69, 9.17) is 9.47 Å². The predicted octanol–water partition coefficient (Wildman–Crippen LogP) is -1.37. The van der Waals surface area contributed by atoms with Crippen LogP contribution in [0.5, 0.6) is 0 Å². The third-order valence-corrected chi connectivity index (χ3v) is 3.49. The molecule has 4 nitrogen and oxygen atoms in total. The van der Waals surface area contributed by atoms with Gasteiger partial charge in [-0.3, -0.25) is 4.79 Å². The fourth-order valence-corrected chi connectivity index (χ4v) is 2.25. The van der Waals surface area contributed by atoms with Crippen molar-refractivity contribution in [2.75, 3.05) is 6.61 Å². The first kappa shape index (κ1) is 16.7. The number of carbonyl (C=O) groups excluding carboxylic acids is 1. The van der Waals surface area contributed by atoms with Crippen LogP contribution >= 0.6 is 0 Å². The summed E-state index contributed by atoms with van der Waals surface area (Å²) in [4.78, 5) is 11.6. The molecule has 0 aromatic heterocycles. The standard InChI is InChI=1S/C15H18O4.Li/c1-4-18-13(16)9-11-7-5-6-8-12(11)15(3)10(2)14(17)19-15;/h5-8,17H,4,9H2,1-3H3;/q;+1/p-1. The van der Waals surface area contributed by atoms with Crippen molar-refractivity contribution in [3.63, 3.8) is 0 Å². The van der Waals surface area contributed by atoms with Gasteiger partial charge in [-0.1, -0.05) is 24.3 Å². The summed E-state index contributed by atoms with van der Waals surface area (Å²) >= 11 is 0. The maximum absolute atomic E-state index is 11.6. The zero-order valence-corrected chi connectivity index (χ0v) is 12.4. The van der Waals surface area contributed by atoms with E-state index in [9.17, 15) is 9.90 Å². The molecule has 1 unspecified atom stereocenters. The Balaban J connectivity index is 0.00000200. The van der Waals surface area contributed by atoms with E-state index in [1.165, 1.54) is 0 Å². The van der Waals surface area contributed by atoms with Gasteiger partial charge in [0.1, 0.15) is 0 Å². The van der Waals surface area contributed by atoms with Crippen LogP contribution in [-0.2, 0) is 26.3 Å². The minimum absolute atomic E-state index is 0. The number of esters is 1. The second-order valence-corrected chi connectivity index (χ2v) is 4.69. The molecule has 0 saturated heterocycles. The monoisotopic (exact) mass is 268 g/mol. The summed E-state index contributed by atoms with van der Waals surface area (Å²) in [7, 11) is 0. The molecule has 2 rings (SSSR count). The molecular formula is C15H17LiO4. The van der Waals surface area contributed by atoms with Gasteiger partial charge in [-0.15, -0.1) is 0 Å². The first-order valence-corrected chi connectivity index (χ1v) is 6.30. The number of rotatable bonds is 4. The van der Waals surface area contributed by atoms with Gasteiger partial charge in [0.25, 0.3) is 0 Å². The third kappa shape index (κ3) is 2.87. The predicted molar refractivity (Wildman–Crippen MR) is 67.9 cm³/mol. The Bertz CT molecular complexity index is 538. The first-order valence-electron chi connectivity index (χ1n) is 6.30. The largest absolute Gasteiger partial charge is 1.00 e. The van der Waals surface area contributed by atoms with Crippen molar-refractivity contribution in [1.29, 1.82) is 0 Å². The molecule has 0 fully saturated rings. The molecule has 0 aliphatic carbocycles. The van der Waals surface area contributed by atoms with E-state index in [2.05, 4.69) is 0 Å². The van der Waals surface area contributed by atoms with Crippen molar-refractivity contribution in [2.45, 2.75) is 32.8 Å². The van der Waals surface area contributed by atoms with Crippen LogP contribution < -0.4 is 24.0 Å². The fourth-order valence-electron chi connectivity index (χ4n) is 2.25. The van der Waals surface area contributed by atoms with E-state index in [0.29, 0.717) is 12.2 Å². The van der Waals surface area contributed by atoms with Crippen molar-refractivity contribution in [1.82, 2.24) is 0 Å². The quantitative estimate of drug-likeness (QED) is 0.499. The average molecular weight is 268 g/mol. The van der Waals surface area contributed by atoms with Crippen molar-refractivity contribution in [3.8, 4) is 0 Å². The minimum Gasteiger partial charge on any atom is -0.598 e. The van der Waals surface area contributed by atoms with E-state index >= 15 is 0 Å². The van der Waals surface area contributed by atoms with Crippen LogP contribution in [0.4, 0.5) is 0 Å².